The molecule has 88 valence electrons. The normalized spacial score (nSPS) is 11.2. The topological polar surface area (TPSA) is 54.5 Å². The van der Waals surface area contributed by atoms with Crippen LogP contribution >= 0.6 is 23.2 Å². The summed E-state index contributed by atoms with van der Waals surface area (Å²) >= 11 is 11.1. The van der Waals surface area contributed by atoms with E-state index in [1.54, 1.807) is 0 Å². The van der Waals surface area contributed by atoms with Crippen LogP contribution in [0.2, 0.25) is 5.02 Å². The zero-order valence-electron chi connectivity index (χ0n) is 8.57. The number of rotatable bonds is 3. The number of carbonyl (C=O) groups excluding carboxylic acids is 1. The van der Waals surface area contributed by atoms with Crippen LogP contribution in [0.5, 0.6) is 0 Å². The van der Waals surface area contributed by atoms with Gasteiger partial charge in [0.1, 0.15) is 0 Å². The summed E-state index contributed by atoms with van der Waals surface area (Å²) < 4.78 is 23.6. The molecule has 7 heteroatoms. The average Bonchev–Trinajstić information content (AvgIpc) is 2.15. The zero-order valence-corrected chi connectivity index (χ0v) is 10.9. The van der Waals surface area contributed by atoms with E-state index in [9.17, 15) is 13.2 Å². The fourth-order valence-electron chi connectivity index (χ4n) is 1.12. The fraction of sp³-hybridized carbons (Fsp3) is 0.222. The quantitative estimate of drug-likeness (QED) is 0.798. The van der Waals surface area contributed by atoms with Crippen molar-refractivity contribution in [3.63, 3.8) is 0 Å². The van der Waals surface area contributed by atoms with Crippen molar-refractivity contribution in [1.29, 1.82) is 0 Å². The van der Waals surface area contributed by atoms with Crippen LogP contribution in [-0.2, 0) is 10.0 Å². The number of anilines is 1. The molecule has 1 aromatic carbocycles. The molecule has 1 aromatic rings. The lowest BCUT2D eigenvalue weighted by Gasteiger charge is -2.18. The Kier molecular flexibility index (Phi) is 3.83. The average molecular weight is 282 g/mol. The molecule has 0 N–H and O–H groups in total. The lowest BCUT2D eigenvalue weighted by molar-refractivity contribution is 0.108. The molecule has 0 saturated heterocycles. The Morgan fingerprint density at radius 1 is 1.38 bits per heavy atom. The largest absolute Gasteiger partial charge is 0.276 e. The minimum Gasteiger partial charge on any atom is -0.276 e. The first-order valence-corrected chi connectivity index (χ1v) is 6.77. The van der Waals surface area contributed by atoms with E-state index < -0.39 is 15.3 Å². The zero-order chi connectivity index (χ0) is 12.5. The second-order valence-electron chi connectivity index (χ2n) is 3.17. The molecule has 0 aromatic heterocycles. The van der Waals surface area contributed by atoms with Gasteiger partial charge in [0.25, 0.3) is 5.24 Å². The molecule has 0 aliphatic heterocycles. The highest BCUT2D eigenvalue weighted by molar-refractivity contribution is 7.92. The second-order valence-corrected chi connectivity index (χ2v) is 5.96. The van der Waals surface area contributed by atoms with Crippen molar-refractivity contribution < 1.29 is 13.2 Å². The first kappa shape index (κ1) is 13.3. The van der Waals surface area contributed by atoms with Gasteiger partial charge in [0.05, 0.1) is 17.5 Å². The highest BCUT2D eigenvalue weighted by Gasteiger charge is 2.18. The number of benzene rings is 1. The number of halogens is 2. The lowest BCUT2D eigenvalue weighted by atomic mass is 10.2. The molecule has 0 saturated carbocycles. The van der Waals surface area contributed by atoms with Crippen LogP contribution < -0.4 is 4.31 Å². The van der Waals surface area contributed by atoms with Crippen LogP contribution in [0.4, 0.5) is 5.69 Å². The molecule has 0 aliphatic rings. The molecule has 4 nitrogen and oxygen atoms in total. The highest BCUT2D eigenvalue weighted by Crippen LogP contribution is 2.26. The van der Waals surface area contributed by atoms with Gasteiger partial charge >= 0.3 is 0 Å². The van der Waals surface area contributed by atoms with Gasteiger partial charge in [0.2, 0.25) is 10.0 Å². The molecule has 1 rings (SSSR count). The first-order chi connectivity index (χ1) is 7.23. The van der Waals surface area contributed by atoms with Crippen LogP contribution in [-0.4, -0.2) is 27.0 Å². The highest BCUT2D eigenvalue weighted by atomic mass is 35.5. The van der Waals surface area contributed by atoms with Crippen LogP contribution in [0.3, 0.4) is 0 Å². The number of hydrogen-bond donors (Lipinski definition) is 0. The third kappa shape index (κ3) is 2.87. The Labute approximate surface area is 104 Å². The summed E-state index contributed by atoms with van der Waals surface area (Å²) in [6.07, 6.45) is 1.03. The Hall–Kier alpha value is -0.780. The van der Waals surface area contributed by atoms with Gasteiger partial charge in [-0.1, -0.05) is 11.6 Å². The predicted molar refractivity (Wildman–Crippen MR) is 64.9 cm³/mol. The number of nitrogens with zero attached hydrogens (tertiary/aromatic N) is 1. The van der Waals surface area contributed by atoms with E-state index in [0.717, 1.165) is 10.6 Å². The summed E-state index contributed by atoms with van der Waals surface area (Å²) in [5.41, 5.74) is 0.258. The van der Waals surface area contributed by atoms with E-state index in [1.165, 1.54) is 25.2 Å². The van der Waals surface area contributed by atoms with Crippen molar-refractivity contribution in [2.24, 2.45) is 0 Å². The van der Waals surface area contributed by atoms with E-state index in [-0.39, 0.29) is 11.3 Å². The van der Waals surface area contributed by atoms with Crippen molar-refractivity contribution in [3.05, 3.63) is 28.8 Å². The molecule has 0 unspecified atom stereocenters. The number of hydrogen-bond acceptors (Lipinski definition) is 3. The van der Waals surface area contributed by atoms with E-state index in [4.69, 9.17) is 23.2 Å². The number of sulfonamides is 1. The van der Waals surface area contributed by atoms with Crippen LogP contribution in [0, 0.1) is 0 Å². The van der Waals surface area contributed by atoms with Gasteiger partial charge in [0, 0.05) is 12.1 Å². The molecule has 0 fully saturated rings. The molecule has 0 aliphatic carbocycles. The van der Waals surface area contributed by atoms with Gasteiger partial charge in [-0.3, -0.25) is 9.10 Å². The van der Waals surface area contributed by atoms with Crippen molar-refractivity contribution in [3.8, 4) is 0 Å². The smallest absolute Gasteiger partial charge is 0.254 e. The molecular weight excluding hydrogens is 273 g/mol. The Balaban J connectivity index is 3.40. The third-order valence-electron chi connectivity index (χ3n) is 2.01. The van der Waals surface area contributed by atoms with Gasteiger partial charge in [-0.25, -0.2) is 8.42 Å². The third-order valence-corrected chi connectivity index (χ3v) is 3.64. The standard InChI is InChI=1S/C9H9Cl2NO3S/c1-12(16(2,14)15)8-4-3-6(10)5-7(8)9(11)13/h3-5H,1-2H3. The lowest BCUT2D eigenvalue weighted by Crippen LogP contribution is -2.26. The van der Waals surface area contributed by atoms with Gasteiger partial charge in [-0.15, -0.1) is 0 Å². The molecular formula is C9H9Cl2NO3S. The maximum atomic E-state index is 11.3. The van der Waals surface area contributed by atoms with Crippen molar-refractivity contribution in [1.82, 2.24) is 0 Å². The van der Waals surface area contributed by atoms with E-state index in [1.807, 2.05) is 0 Å². The monoisotopic (exact) mass is 281 g/mol. The minimum atomic E-state index is -3.45. The fourth-order valence-corrected chi connectivity index (χ4v) is 1.96. The van der Waals surface area contributed by atoms with Crippen molar-refractivity contribution in [2.45, 2.75) is 0 Å². The van der Waals surface area contributed by atoms with Crippen LogP contribution in [0.1, 0.15) is 10.4 Å². The second kappa shape index (κ2) is 4.61. The summed E-state index contributed by atoms with van der Waals surface area (Å²) in [7, 11) is -2.11. The first-order valence-electron chi connectivity index (χ1n) is 4.17. The number of carbonyl (C=O) groups is 1. The summed E-state index contributed by atoms with van der Waals surface area (Å²) in [5, 5.41) is -0.442. The summed E-state index contributed by atoms with van der Waals surface area (Å²) in [6.45, 7) is 0. The summed E-state index contributed by atoms with van der Waals surface area (Å²) in [4.78, 5) is 11.1. The molecule has 0 atom stereocenters. The maximum Gasteiger partial charge on any atom is 0.254 e. The molecule has 0 heterocycles. The molecule has 0 bridgehead atoms. The van der Waals surface area contributed by atoms with Gasteiger partial charge < -0.3 is 0 Å². The molecule has 16 heavy (non-hydrogen) atoms. The van der Waals surface area contributed by atoms with E-state index >= 15 is 0 Å². The van der Waals surface area contributed by atoms with Gasteiger partial charge in [-0.2, -0.15) is 0 Å². The molecule has 0 spiro atoms. The van der Waals surface area contributed by atoms with Crippen molar-refractivity contribution in [2.75, 3.05) is 17.6 Å². The van der Waals surface area contributed by atoms with Gasteiger partial charge in [-0.05, 0) is 29.8 Å². The summed E-state index contributed by atoms with van der Waals surface area (Å²) in [5.74, 6) is 0. The van der Waals surface area contributed by atoms with Crippen LogP contribution in [0.15, 0.2) is 18.2 Å². The predicted octanol–water partition coefficient (Wildman–Crippen LogP) is 2.11. The molecule has 0 radical (unpaired) electrons. The molecule has 0 amide bonds. The SMILES string of the molecule is CN(c1ccc(Cl)cc1C(=O)Cl)S(C)(=O)=O. The van der Waals surface area contributed by atoms with E-state index in [0.29, 0.717) is 5.02 Å². The minimum absolute atomic E-state index is 0.0575. The van der Waals surface area contributed by atoms with Gasteiger partial charge in [0.15, 0.2) is 0 Å². The van der Waals surface area contributed by atoms with Crippen molar-refractivity contribution >= 4 is 44.2 Å². The van der Waals surface area contributed by atoms with E-state index in [2.05, 4.69) is 0 Å². The Morgan fingerprint density at radius 2 is 1.94 bits per heavy atom. The maximum absolute atomic E-state index is 11.3. The Bertz CT molecular complexity index is 528. The summed E-state index contributed by atoms with van der Waals surface area (Å²) in [6, 6.07) is 4.24. The van der Waals surface area contributed by atoms with Crippen LogP contribution in [0.25, 0.3) is 0 Å². The Morgan fingerprint density at radius 3 is 2.38 bits per heavy atom.